The summed E-state index contributed by atoms with van der Waals surface area (Å²) in [5.74, 6) is -0.267. The van der Waals surface area contributed by atoms with E-state index in [1.807, 2.05) is 55.5 Å². The number of nitrogens with one attached hydrogen (secondary N) is 1. The van der Waals surface area contributed by atoms with Gasteiger partial charge in [-0.25, -0.2) is 0 Å². The number of rotatable bonds is 8. The van der Waals surface area contributed by atoms with Crippen LogP contribution in [0.2, 0.25) is 5.02 Å². The van der Waals surface area contributed by atoms with E-state index in [0.717, 1.165) is 17.5 Å². The number of nitrogens with zero attached hydrogens (tertiary/aromatic N) is 1. The van der Waals surface area contributed by atoms with Crippen molar-refractivity contribution in [2.75, 3.05) is 6.54 Å². The van der Waals surface area contributed by atoms with Gasteiger partial charge in [-0.1, -0.05) is 67.1 Å². The molecule has 0 unspecified atom stereocenters. The summed E-state index contributed by atoms with van der Waals surface area (Å²) in [5, 5.41) is 3.43. The Balaban J connectivity index is 2.19. The van der Waals surface area contributed by atoms with Crippen LogP contribution in [0.1, 0.15) is 31.4 Å². The van der Waals surface area contributed by atoms with Crippen molar-refractivity contribution in [3.8, 4) is 0 Å². The predicted molar refractivity (Wildman–Crippen MR) is 105 cm³/mol. The Morgan fingerprint density at radius 1 is 1.08 bits per heavy atom. The van der Waals surface area contributed by atoms with Crippen LogP contribution in [0.3, 0.4) is 0 Å². The molecular weight excluding hydrogens is 348 g/mol. The van der Waals surface area contributed by atoms with Crippen LogP contribution in [0.5, 0.6) is 0 Å². The van der Waals surface area contributed by atoms with E-state index in [4.69, 9.17) is 11.6 Å². The van der Waals surface area contributed by atoms with E-state index in [0.29, 0.717) is 18.1 Å². The lowest BCUT2D eigenvalue weighted by Gasteiger charge is -2.29. The number of benzene rings is 2. The van der Waals surface area contributed by atoms with Gasteiger partial charge in [-0.3, -0.25) is 9.59 Å². The van der Waals surface area contributed by atoms with Crippen molar-refractivity contribution in [3.05, 3.63) is 70.7 Å². The summed E-state index contributed by atoms with van der Waals surface area (Å²) in [6.07, 6.45) is 1.02. The first kappa shape index (κ1) is 20.0. The average molecular weight is 373 g/mol. The monoisotopic (exact) mass is 372 g/mol. The maximum absolute atomic E-state index is 13.0. The van der Waals surface area contributed by atoms with Crippen LogP contribution in [0.25, 0.3) is 0 Å². The lowest BCUT2D eigenvalue weighted by molar-refractivity contribution is -0.140. The van der Waals surface area contributed by atoms with Gasteiger partial charge < -0.3 is 10.2 Å². The molecule has 2 aromatic rings. The summed E-state index contributed by atoms with van der Waals surface area (Å²) in [4.78, 5) is 27.0. The smallest absolute Gasteiger partial charge is 0.242 e. The van der Waals surface area contributed by atoms with Crippen molar-refractivity contribution < 1.29 is 9.59 Å². The molecule has 0 radical (unpaired) electrons. The molecule has 0 saturated heterocycles. The molecule has 26 heavy (non-hydrogen) atoms. The van der Waals surface area contributed by atoms with Crippen LogP contribution in [0.15, 0.2) is 54.6 Å². The van der Waals surface area contributed by atoms with E-state index in [-0.39, 0.29) is 18.2 Å². The predicted octanol–water partition coefficient (Wildman–Crippen LogP) is 3.83. The second-order valence-corrected chi connectivity index (χ2v) is 6.65. The molecule has 0 aliphatic heterocycles. The van der Waals surface area contributed by atoms with Gasteiger partial charge in [0.25, 0.3) is 0 Å². The zero-order valence-corrected chi connectivity index (χ0v) is 16.0. The average Bonchev–Trinajstić information content (AvgIpc) is 2.66. The zero-order valence-electron chi connectivity index (χ0n) is 15.2. The van der Waals surface area contributed by atoms with Crippen molar-refractivity contribution in [2.45, 2.75) is 39.3 Å². The Kier molecular flexibility index (Phi) is 7.67. The number of amides is 2. The Labute approximate surface area is 160 Å². The maximum Gasteiger partial charge on any atom is 0.242 e. The number of hydrogen-bond donors (Lipinski definition) is 1. The first-order valence-electron chi connectivity index (χ1n) is 8.87. The molecule has 0 heterocycles. The van der Waals surface area contributed by atoms with Crippen molar-refractivity contribution in [1.29, 1.82) is 0 Å². The van der Waals surface area contributed by atoms with Crippen LogP contribution in [-0.2, 0) is 22.6 Å². The zero-order chi connectivity index (χ0) is 18.9. The molecule has 0 fully saturated rings. The minimum atomic E-state index is -0.559. The number of halogens is 1. The Hall–Kier alpha value is -2.33. The van der Waals surface area contributed by atoms with Crippen molar-refractivity contribution in [3.63, 3.8) is 0 Å². The van der Waals surface area contributed by atoms with Crippen LogP contribution in [0, 0.1) is 0 Å². The molecule has 1 atom stereocenters. The number of carbonyl (C=O) groups is 2. The third-order valence-electron chi connectivity index (χ3n) is 4.21. The summed E-state index contributed by atoms with van der Waals surface area (Å²) in [7, 11) is 0. The van der Waals surface area contributed by atoms with E-state index >= 15 is 0 Å². The summed E-state index contributed by atoms with van der Waals surface area (Å²) < 4.78 is 0. The quantitative estimate of drug-likeness (QED) is 0.765. The van der Waals surface area contributed by atoms with Crippen molar-refractivity contribution in [2.24, 2.45) is 0 Å². The van der Waals surface area contributed by atoms with Gasteiger partial charge in [0.2, 0.25) is 11.8 Å². The van der Waals surface area contributed by atoms with E-state index in [9.17, 15) is 9.59 Å². The normalized spacial score (nSPS) is 11.7. The number of hydrogen-bond acceptors (Lipinski definition) is 2. The molecule has 138 valence electrons. The Bertz CT molecular complexity index is 734. The van der Waals surface area contributed by atoms with Gasteiger partial charge in [0.1, 0.15) is 6.04 Å². The third kappa shape index (κ3) is 5.60. The first-order valence-corrected chi connectivity index (χ1v) is 9.25. The van der Waals surface area contributed by atoms with Gasteiger partial charge in [-0.15, -0.1) is 0 Å². The second-order valence-electron chi connectivity index (χ2n) is 6.24. The molecule has 2 rings (SSSR count). The minimum Gasteiger partial charge on any atom is -0.354 e. The standard InChI is InChI=1S/C21H25ClN2O2/c1-3-13-23-21(26)16(2)24(15-17-9-5-4-6-10-17)20(25)14-18-11-7-8-12-19(18)22/h4-12,16H,3,13-15H2,1-2H3,(H,23,26)/t16-/m0/s1. The highest BCUT2D eigenvalue weighted by Gasteiger charge is 2.26. The fourth-order valence-electron chi connectivity index (χ4n) is 2.66. The summed E-state index contributed by atoms with van der Waals surface area (Å²) in [6, 6.07) is 16.4. The van der Waals surface area contributed by atoms with E-state index in [1.165, 1.54) is 0 Å². The lowest BCUT2D eigenvalue weighted by Crippen LogP contribution is -2.48. The van der Waals surface area contributed by atoms with Gasteiger partial charge in [0.15, 0.2) is 0 Å². The van der Waals surface area contributed by atoms with Gasteiger partial charge in [0, 0.05) is 18.1 Å². The third-order valence-corrected chi connectivity index (χ3v) is 4.58. The molecule has 0 aliphatic carbocycles. The van der Waals surface area contributed by atoms with Gasteiger partial charge in [-0.05, 0) is 30.5 Å². The first-order chi connectivity index (χ1) is 12.5. The van der Waals surface area contributed by atoms with Crippen molar-refractivity contribution in [1.82, 2.24) is 10.2 Å². The molecule has 0 spiro atoms. The number of carbonyl (C=O) groups excluding carboxylic acids is 2. The molecule has 0 aromatic heterocycles. The Morgan fingerprint density at radius 2 is 1.73 bits per heavy atom. The Morgan fingerprint density at radius 3 is 2.38 bits per heavy atom. The SMILES string of the molecule is CCCNC(=O)[C@H](C)N(Cc1ccccc1)C(=O)Cc1ccccc1Cl. The maximum atomic E-state index is 13.0. The molecule has 4 nitrogen and oxygen atoms in total. The summed E-state index contributed by atoms with van der Waals surface area (Å²) in [5.41, 5.74) is 1.74. The highest BCUT2D eigenvalue weighted by molar-refractivity contribution is 6.31. The van der Waals surface area contributed by atoms with Crippen molar-refractivity contribution >= 4 is 23.4 Å². The lowest BCUT2D eigenvalue weighted by atomic mass is 10.1. The van der Waals surface area contributed by atoms with E-state index in [2.05, 4.69) is 5.32 Å². The summed E-state index contributed by atoms with van der Waals surface area (Å²) >= 11 is 6.19. The van der Waals surface area contributed by atoms with Crippen LogP contribution in [-0.4, -0.2) is 29.3 Å². The topological polar surface area (TPSA) is 49.4 Å². The molecule has 1 N–H and O–H groups in total. The molecule has 0 aliphatic rings. The molecule has 0 bridgehead atoms. The fraction of sp³-hybridized carbons (Fsp3) is 0.333. The van der Waals surface area contributed by atoms with Crippen LogP contribution >= 0.6 is 11.6 Å². The molecule has 0 saturated carbocycles. The molecule has 2 amide bonds. The van der Waals surface area contributed by atoms with Gasteiger partial charge in [0.05, 0.1) is 6.42 Å². The highest BCUT2D eigenvalue weighted by Crippen LogP contribution is 2.18. The van der Waals surface area contributed by atoms with Crippen LogP contribution in [0.4, 0.5) is 0 Å². The molecule has 5 heteroatoms. The molecule has 2 aromatic carbocycles. The largest absolute Gasteiger partial charge is 0.354 e. The van der Waals surface area contributed by atoms with E-state index < -0.39 is 6.04 Å². The molecular formula is C21H25ClN2O2. The minimum absolute atomic E-state index is 0.124. The highest BCUT2D eigenvalue weighted by atomic mass is 35.5. The van der Waals surface area contributed by atoms with Gasteiger partial charge in [-0.2, -0.15) is 0 Å². The van der Waals surface area contributed by atoms with E-state index in [1.54, 1.807) is 17.9 Å². The van der Waals surface area contributed by atoms with Crippen LogP contribution < -0.4 is 5.32 Å². The second kappa shape index (κ2) is 9.97. The van der Waals surface area contributed by atoms with Gasteiger partial charge >= 0.3 is 0 Å². The fourth-order valence-corrected chi connectivity index (χ4v) is 2.87. The summed E-state index contributed by atoms with van der Waals surface area (Å²) in [6.45, 7) is 4.74.